The van der Waals surface area contributed by atoms with Crippen LogP contribution in [0.1, 0.15) is 46.6 Å². The molecule has 2 aliphatic carbocycles. The lowest BCUT2D eigenvalue weighted by Gasteiger charge is -2.31. The molecule has 2 fully saturated rings. The van der Waals surface area contributed by atoms with Crippen LogP contribution in [0.3, 0.4) is 0 Å². The predicted molar refractivity (Wildman–Crippen MR) is 109 cm³/mol. The van der Waals surface area contributed by atoms with Crippen LogP contribution >= 0.6 is 11.6 Å². The van der Waals surface area contributed by atoms with Crippen molar-refractivity contribution < 1.29 is 19.0 Å². The van der Waals surface area contributed by atoms with Crippen molar-refractivity contribution >= 4 is 28.7 Å². The van der Waals surface area contributed by atoms with Gasteiger partial charge in [-0.3, -0.25) is 4.79 Å². The summed E-state index contributed by atoms with van der Waals surface area (Å²) in [6, 6.07) is -0.112. The zero-order valence-corrected chi connectivity index (χ0v) is 18.2. The van der Waals surface area contributed by atoms with E-state index in [1.807, 2.05) is 32.3 Å². The molecule has 8 nitrogen and oxygen atoms in total. The van der Waals surface area contributed by atoms with Crippen molar-refractivity contribution in [3.63, 3.8) is 0 Å². The highest BCUT2D eigenvalue weighted by Gasteiger charge is 2.58. The molecule has 0 radical (unpaired) electrons. The Kier molecular flexibility index (Phi) is 4.65. The number of imidazole rings is 1. The summed E-state index contributed by atoms with van der Waals surface area (Å²) >= 11 is 6.22. The molecule has 160 valence electrons. The molecule has 30 heavy (non-hydrogen) atoms. The molecule has 5 rings (SSSR count). The molecule has 0 aromatic carbocycles. The number of hydrogen-bond donors (Lipinski definition) is 0. The molecule has 1 saturated heterocycles. The molecule has 0 amide bonds. The average Bonchev–Trinajstić information content (AvgIpc) is 3.32. The Hall–Kier alpha value is -2.03. The Morgan fingerprint density at radius 3 is 2.80 bits per heavy atom. The predicted octanol–water partition coefficient (Wildman–Crippen LogP) is 3.46. The van der Waals surface area contributed by atoms with Crippen LogP contribution in [0.15, 0.2) is 24.3 Å². The second-order valence-electron chi connectivity index (χ2n) is 8.99. The molecular formula is C21H25ClN4O4. The van der Waals surface area contributed by atoms with Gasteiger partial charge in [-0.1, -0.05) is 31.5 Å². The smallest absolute Gasteiger partial charge is 0.308 e. The van der Waals surface area contributed by atoms with Crippen LogP contribution in [0.5, 0.6) is 0 Å². The number of fused-ring (bicyclic) bond motifs is 4. The lowest BCUT2D eigenvalue weighted by molar-refractivity contribution is -0.161. The fourth-order valence-electron chi connectivity index (χ4n) is 4.90. The molecule has 0 N–H and O–H groups in total. The van der Waals surface area contributed by atoms with Crippen LogP contribution in [-0.4, -0.2) is 49.6 Å². The summed E-state index contributed by atoms with van der Waals surface area (Å²) in [4.78, 5) is 25.0. The zero-order valence-electron chi connectivity index (χ0n) is 17.4. The number of esters is 1. The van der Waals surface area contributed by atoms with E-state index in [1.54, 1.807) is 6.33 Å². The molecule has 9 heteroatoms. The Morgan fingerprint density at radius 2 is 2.03 bits per heavy atom. The monoisotopic (exact) mass is 432 g/mol. The minimum Gasteiger partial charge on any atom is -0.462 e. The van der Waals surface area contributed by atoms with E-state index < -0.39 is 5.79 Å². The molecule has 3 heterocycles. The van der Waals surface area contributed by atoms with E-state index in [0.717, 1.165) is 0 Å². The fourth-order valence-corrected chi connectivity index (χ4v) is 5.08. The van der Waals surface area contributed by atoms with Gasteiger partial charge < -0.3 is 18.8 Å². The topological polar surface area (TPSA) is 88.4 Å². The van der Waals surface area contributed by atoms with Crippen LogP contribution in [-0.2, 0) is 19.0 Å². The minimum atomic E-state index is -0.691. The highest BCUT2D eigenvalue weighted by atomic mass is 35.5. The maximum atomic E-state index is 12.1. The summed E-state index contributed by atoms with van der Waals surface area (Å²) < 4.78 is 20.4. The number of carbonyl (C=O) groups excluding carboxylic acids is 1. The molecule has 3 aliphatic rings. The van der Waals surface area contributed by atoms with E-state index >= 15 is 0 Å². The van der Waals surface area contributed by atoms with Crippen molar-refractivity contribution in [1.29, 1.82) is 0 Å². The van der Waals surface area contributed by atoms with E-state index in [-0.39, 0.29) is 42.2 Å². The summed E-state index contributed by atoms with van der Waals surface area (Å²) in [7, 11) is 0. The summed E-state index contributed by atoms with van der Waals surface area (Å²) in [6.07, 6.45) is 6.26. The van der Waals surface area contributed by atoms with Crippen molar-refractivity contribution in [1.82, 2.24) is 19.5 Å². The molecule has 1 aliphatic heterocycles. The Morgan fingerprint density at radius 1 is 1.27 bits per heavy atom. The third kappa shape index (κ3) is 3.13. The largest absolute Gasteiger partial charge is 0.462 e. The molecule has 5 atom stereocenters. The number of hydrogen-bond acceptors (Lipinski definition) is 7. The Labute approximate surface area is 179 Å². The highest BCUT2D eigenvalue weighted by molar-refractivity contribution is 6.33. The van der Waals surface area contributed by atoms with Crippen molar-refractivity contribution in [2.75, 3.05) is 0 Å². The van der Waals surface area contributed by atoms with Crippen LogP contribution in [0.4, 0.5) is 0 Å². The maximum Gasteiger partial charge on any atom is 0.308 e. The minimum absolute atomic E-state index is 0.0928. The number of nitrogens with zero attached hydrogens (tertiary/aromatic N) is 4. The van der Waals surface area contributed by atoms with Crippen molar-refractivity contribution in [2.45, 2.75) is 70.7 Å². The van der Waals surface area contributed by atoms with Crippen molar-refractivity contribution in [3.8, 4) is 0 Å². The van der Waals surface area contributed by atoms with Gasteiger partial charge in [0.05, 0.1) is 24.4 Å². The first-order chi connectivity index (χ1) is 14.2. The van der Waals surface area contributed by atoms with Gasteiger partial charge in [-0.15, -0.1) is 0 Å². The van der Waals surface area contributed by atoms with Gasteiger partial charge in [0.2, 0.25) is 0 Å². The van der Waals surface area contributed by atoms with Crippen LogP contribution in [0, 0.1) is 11.8 Å². The number of carbonyl (C=O) groups is 1. The van der Waals surface area contributed by atoms with E-state index in [0.29, 0.717) is 29.2 Å². The first-order valence-electron chi connectivity index (χ1n) is 10.3. The number of halogens is 1. The van der Waals surface area contributed by atoms with Gasteiger partial charge >= 0.3 is 5.97 Å². The second kappa shape index (κ2) is 7.00. The van der Waals surface area contributed by atoms with Gasteiger partial charge in [-0.2, -0.15) is 0 Å². The molecule has 0 bridgehead atoms. The van der Waals surface area contributed by atoms with Gasteiger partial charge in [-0.05, 0) is 25.8 Å². The second-order valence-corrected chi connectivity index (χ2v) is 9.35. The Bertz CT molecular complexity index is 1030. The van der Waals surface area contributed by atoms with Gasteiger partial charge in [0.15, 0.2) is 16.6 Å². The number of ether oxygens (including phenoxy) is 3. The Balaban J connectivity index is 1.53. The number of aromatic nitrogens is 4. The zero-order chi connectivity index (χ0) is 21.2. The highest BCUT2D eigenvalue weighted by Crippen LogP contribution is 2.53. The molecule has 0 unspecified atom stereocenters. The van der Waals surface area contributed by atoms with Gasteiger partial charge in [0.1, 0.15) is 24.1 Å². The maximum absolute atomic E-state index is 12.1. The SMILES string of the molecule is CC(C)C(=O)O[C@H]1CC=C2[C@@H](n3cnc4c(Cl)ncnc43)[C@@H]3OC(C)(C)O[C@@H]3[C@H]2C1. The van der Waals surface area contributed by atoms with E-state index in [4.69, 9.17) is 25.8 Å². The third-order valence-corrected chi connectivity index (χ3v) is 6.42. The lowest BCUT2D eigenvalue weighted by Crippen LogP contribution is -2.32. The number of rotatable bonds is 3. The van der Waals surface area contributed by atoms with Gasteiger partial charge in [0, 0.05) is 12.3 Å². The lowest BCUT2D eigenvalue weighted by atomic mass is 9.86. The van der Waals surface area contributed by atoms with Crippen molar-refractivity contribution in [2.24, 2.45) is 11.8 Å². The van der Waals surface area contributed by atoms with Crippen molar-refractivity contribution in [3.05, 3.63) is 29.5 Å². The first-order valence-corrected chi connectivity index (χ1v) is 10.7. The fraction of sp³-hybridized carbons (Fsp3) is 0.619. The molecule has 1 saturated carbocycles. The third-order valence-electron chi connectivity index (χ3n) is 6.14. The van der Waals surface area contributed by atoms with E-state index in [9.17, 15) is 4.79 Å². The summed E-state index contributed by atoms with van der Waals surface area (Å²) in [5.41, 5.74) is 2.45. The summed E-state index contributed by atoms with van der Waals surface area (Å²) in [6.45, 7) is 7.55. The molecule has 2 aromatic heterocycles. The molecule has 0 spiro atoms. The average molecular weight is 433 g/mol. The quantitative estimate of drug-likeness (QED) is 0.417. The first kappa shape index (κ1) is 19.9. The standard InChI is InChI=1S/C21H25ClN4O4/c1-10(2)20(27)28-11-5-6-12-13(7-11)16-17(30-21(3,4)29-16)15(12)26-9-25-14-18(22)23-8-24-19(14)26/h6,8-11,13,15-17H,5,7H2,1-4H3/t11-,13-,15+,16+,17-/m0/s1. The van der Waals surface area contributed by atoms with Gasteiger partial charge in [-0.25, -0.2) is 15.0 Å². The summed E-state index contributed by atoms with van der Waals surface area (Å²) in [5.74, 6) is -0.913. The summed E-state index contributed by atoms with van der Waals surface area (Å²) in [5, 5.41) is 0.326. The van der Waals surface area contributed by atoms with Crippen LogP contribution < -0.4 is 0 Å². The van der Waals surface area contributed by atoms with Gasteiger partial charge in [0.25, 0.3) is 0 Å². The van der Waals surface area contributed by atoms with E-state index in [1.165, 1.54) is 11.9 Å². The van der Waals surface area contributed by atoms with Crippen LogP contribution in [0.25, 0.3) is 11.2 Å². The van der Waals surface area contributed by atoms with Crippen LogP contribution in [0.2, 0.25) is 5.15 Å². The van der Waals surface area contributed by atoms with E-state index in [2.05, 4.69) is 21.0 Å². The normalized spacial score (nSPS) is 32.2. The molecular weight excluding hydrogens is 408 g/mol. The molecule has 2 aromatic rings.